The third-order valence-electron chi connectivity index (χ3n) is 5.57. The molecule has 0 unspecified atom stereocenters. The first-order chi connectivity index (χ1) is 17.2. The molecule has 0 radical (unpaired) electrons. The van der Waals surface area contributed by atoms with Gasteiger partial charge < -0.3 is 15.5 Å². The summed E-state index contributed by atoms with van der Waals surface area (Å²) in [4.78, 5) is 14.2. The largest absolute Gasteiger partial charge is 0.371 e. The predicted molar refractivity (Wildman–Crippen MR) is 160 cm³/mol. The highest BCUT2D eigenvalue weighted by molar-refractivity contribution is 7.84. The maximum Gasteiger partial charge on any atom is 0.219 e. The molecule has 192 valence electrons. The maximum atomic E-state index is 11.4. The summed E-state index contributed by atoms with van der Waals surface area (Å²) in [6, 6.07) is 18.2. The normalized spacial score (nSPS) is 11.3. The summed E-state index contributed by atoms with van der Waals surface area (Å²) < 4.78 is 0. The van der Waals surface area contributed by atoms with Crippen molar-refractivity contribution in [3.63, 3.8) is 0 Å². The molecular weight excluding hydrogens is 462 g/mol. The quantitative estimate of drug-likeness (QED) is 0.167. The second-order valence-electron chi connectivity index (χ2n) is 8.20. The molecule has 36 heavy (non-hydrogen) atoms. The number of nitrogens with zero attached hydrogens (tertiary/aromatic N) is 1. The molecule has 2 aromatic carbocycles. The molecule has 0 aliphatic heterocycles. The van der Waals surface area contributed by atoms with Crippen LogP contribution in [0.3, 0.4) is 0 Å². The van der Waals surface area contributed by atoms with Crippen molar-refractivity contribution in [3.05, 3.63) is 120 Å². The molecule has 0 saturated heterocycles. The Morgan fingerprint density at radius 1 is 1.03 bits per heavy atom. The first kappa shape index (κ1) is 30.6. The average molecular weight is 504 g/mol. The number of carbonyl (C=O) groups excluding carboxylic acids is 1. The van der Waals surface area contributed by atoms with Gasteiger partial charge in [0.2, 0.25) is 5.91 Å². The van der Waals surface area contributed by atoms with Gasteiger partial charge in [-0.3, -0.25) is 4.79 Å². The number of carbonyl (C=O) groups is 1. The van der Waals surface area contributed by atoms with Gasteiger partial charge >= 0.3 is 0 Å². The van der Waals surface area contributed by atoms with Gasteiger partial charge in [-0.2, -0.15) is 0 Å². The number of allylic oxidation sites excluding steroid dienone is 4. The van der Waals surface area contributed by atoms with Gasteiger partial charge in [0.15, 0.2) is 0 Å². The Balaban J connectivity index is 0.000000681. The van der Waals surface area contributed by atoms with E-state index in [1.165, 1.54) is 11.1 Å². The van der Waals surface area contributed by atoms with Crippen LogP contribution >= 0.6 is 12.6 Å². The summed E-state index contributed by atoms with van der Waals surface area (Å²) >= 11 is 4.49. The Bertz CT molecular complexity index is 1070. The topological polar surface area (TPSA) is 44.4 Å². The third kappa shape index (κ3) is 10.9. The Morgan fingerprint density at radius 3 is 2.19 bits per heavy atom. The number of nitrogens with one attached hydrogen (secondary N) is 2. The van der Waals surface area contributed by atoms with Gasteiger partial charge in [-0.1, -0.05) is 93.4 Å². The molecule has 2 N–H and O–H groups in total. The van der Waals surface area contributed by atoms with Crippen molar-refractivity contribution in [3.8, 4) is 0 Å². The molecule has 5 heteroatoms. The van der Waals surface area contributed by atoms with Crippen molar-refractivity contribution >= 4 is 30.2 Å². The summed E-state index contributed by atoms with van der Waals surface area (Å²) in [7, 11) is 1.98. The number of hydrogen-bond donors (Lipinski definition) is 3. The van der Waals surface area contributed by atoms with Crippen molar-refractivity contribution in [1.29, 1.82) is 0 Å². The van der Waals surface area contributed by atoms with Gasteiger partial charge in [0.1, 0.15) is 5.82 Å². The molecule has 0 atom stereocenters. The molecule has 0 heterocycles. The first-order valence-electron chi connectivity index (χ1n) is 12.2. The van der Waals surface area contributed by atoms with Gasteiger partial charge in [0.05, 0.1) is 0 Å². The van der Waals surface area contributed by atoms with Crippen LogP contribution in [0.15, 0.2) is 103 Å². The SMILES string of the molecule is C=C/C(S)=C(/C)N(C)/C(=C\C(=C)c1ccccc1C)NCCCNC(=O)CC.C=Cc1ccccc1. The number of benzene rings is 2. The van der Waals surface area contributed by atoms with E-state index in [4.69, 9.17) is 0 Å². The van der Waals surface area contributed by atoms with Crippen molar-refractivity contribution in [1.82, 2.24) is 15.5 Å². The molecule has 2 aromatic rings. The molecule has 2 rings (SSSR count). The molecule has 0 aromatic heterocycles. The Hall–Kier alpha value is -3.44. The highest BCUT2D eigenvalue weighted by atomic mass is 32.1. The zero-order valence-electron chi connectivity index (χ0n) is 22.2. The number of thiol groups is 1. The standard InChI is InChI=1S/C23H33N3OS.C8H8/c1-7-21(28)19(5)26(6)22(24-14-11-15-25-23(27)8-2)16-18(4)20-13-10-9-12-17(20)3;1-2-8-6-4-3-5-7-8/h7,9-10,12-13,16,24,28H,1,4,8,11,14-15H2,2-3,5-6H3,(H,25,27);2-7H,1H2/b21-19+,22-16-;. The highest BCUT2D eigenvalue weighted by Crippen LogP contribution is 2.22. The number of amides is 1. The fourth-order valence-corrected chi connectivity index (χ4v) is 3.34. The molecule has 0 bridgehead atoms. The van der Waals surface area contributed by atoms with Gasteiger partial charge in [-0.15, -0.1) is 12.6 Å². The summed E-state index contributed by atoms with van der Waals surface area (Å²) in [5.41, 5.74) is 5.38. The van der Waals surface area contributed by atoms with Crippen LogP contribution in [0.4, 0.5) is 0 Å². The van der Waals surface area contributed by atoms with Crippen LogP contribution in [0.2, 0.25) is 0 Å². The Kier molecular flexibility index (Phi) is 14.5. The van der Waals surface area contributed by atoms with E-state index in [-0.39, 0.29) is 5.91 Å². The molecule has 0 saturated carbocycles. The number of aryl methyl sites for hydroxylation is 1. The monoisotopic (exact) mass is 503 g/mol. The molecule has 0 aliphatic rings. The van der Waals surface area contributed by atoms with Crippen molar-refractivity contribution in [2.75, 3.05) is 20.1 Å². The summed E-state index contributed by atoms with van der Waals surface area (Å²) in [6.07, 6.45) is 6.93. The van der Waals surface area contributed by atoms with Gasteiger partial charge in [-0.05, 0) is 48.6 Å². The zero-order chi connectivity index (χ0) is 26.9. The second kappa shape index (κ2) is 17.1. The van der Waals surface area contributed by atoms with E-state index in [0.717, 1.165) is 40.5 Å². The van der Waals surface area contributed by atoms with Crippen LogP contribution in [0.5, 0.6) is 0 Å². The fraction of sp³-hybridized carbons (Fsp3) is 0.258. The van der Waals surface area contributed by atoms with Crippen LogP contribution in [-0.4, -0.2) is 30.9 Å². The predicted octanol–water partition coefficient (Wildman–Crippen LogP) is 6.96. The lowest BCUT2D eigenvalue weighted by molar-refractivity contribution is -0.120. The van der Waals surface area contributed by atoms with E-state index < -0.39 is 0 Å². The van der Waals surface area contributed by atoms with E-state index in [9.17, 15) is 4.79 Å². The fourth-order valence-electron chi connectivity index (χ4n) is 3.19. The van der Waals surface area contributed by atoms with Gasteiger partial charge in [0.25, 0.3) is 0 Å². The highest BCUT2D eigenvalue weighted by Gasteiger charge is 2.10. The number of hydrogen-bond acceptors (Lipinski definition) is 4. The van der Waals surface area contributed by atoms with E-state index >= 15 is 0 Å². The van der Waals surface area contributed by atoms with Crippen LogP contribution in [0, 0.1) is 6.92 Å². The summed E-state index contributed by atoms with van der Waals surface area (Å²) in [5.74, 6) is 0.992. The molecule has 0 spiro atoms. The van der Waals surface area contributed by atoms with E-state index in [2.05, 4.69) is 62.1 Å². The Morgan fingerprint density at radius 2 is 1.64 bits per heavy atom. The van der Waals surface area contributed by atoms with E-state index in [1.807, 2.05) is 80.4 Å². The molecule has 1 amide bonds. The van der Waals surface area contributed by atoms with Crippen LogP contribution in [0.25, 0.3) is 11.6 Å². The summed E-state index contributed by atoms with van der Waals surface area (Å²) in [6.45, 7) is 19.0. The van der Waals surface area contributed by atoms with Crippen molar-refractivity contribution < 1.29 is 4.79 Å². The lowest BCUT2D eigenvalue weighted by Crippen LogP contribution is -2.31. The minimum atomic E-state index is 0.0743. The van der Waals surface area contributed by atoms with Gasteiger partial charge in [-0.25, -0.2) is 0 Å². The zero-order valence-corrected chi connectivity index (χ0v) is 23.1. The molecular formula is C31H41N3OS. The third-order valence-corrected chi connectivity index (χ3v) is 6.07. The molecule has 0 fully saturated rings. The minimum absolute atomic E-state index is 0.0743. The minimum Gasteiger partial charge on any atom is -0.371 e. The Labute approximate surface area is 223 Å². The smallest absolute Gasteiger partial charge is 0.219 e. The maximum absolute atomic E-state index is 11.4. The van der Waals surface area contributed by atoms with E-state index in [0.29, 0.717) is 13.0 Å². The lowest BCUT2D eigenvalue weighted by Gasteiger charge is -2.26. The van der Waals surface area contributed by atoms with Crippen molar-refractivity contribution in [2.24, 2.45) is 0 Å². The molecule has 4 nitrogen and oxygen atoms in total. The van der Waals surface area contributed by atoms with Crippen molar-refractivity contribution in [2.45, 2.75) is 33.6 Å². The van der Waals surface area contributed by atoms with Crippen LogP contribution in [-0.2, 0) is 4.79 Å². The first-order valence-corrected chi connectivity index (χ1v) is 12.6. The average Bonchev–Trinajstić information content (AvgIpc) is 2.91. The lowest BCUT2D eigenvalue weighted by atomic mass is 10.0. The molecule has 0 aliphatic carbocycles. The van der Waals surface area contributed by atoms with E-state index in [1.54, 1.807) is 6.08 Å². The van der Waals surface area contributed by atoms with Gasteiger partial charge in [0, 0.05) is 37.2 Å². The van der Waals surface area contributed by atoms with Crippen LogP contribution in [0.1, 0.15) is 43.4 Å². The second-order valence-corrected chi connectivity index (χ2v) is 8.68. The number of rotatable bonds is 12. The van der Waals surface area contributed by atoms with Crippen LogP contribution < -0.4 is 10.6 Å². The summed E-state index contributed by atoms with van der Waals surface area (Å²) in [5, 5.41) is 6.36.